The molecule has 4 aromatic rings. The number of nitriles is 2. The average Bonchev–Trinajstić information content (AvgIpc) is 2.99. The number of methoxy groups -OCH3 is 1. The Balaban J connectivity index is 1.90. The van der Waals surface area contributed by atoms with E-state index in [2.05, 4.69) is 9.97 Å². The molecule has 12 heteroatoms. The van der Waals surface area contributed by atoms with Gasteiger partial charge in [0.05, 0.1) is 40.8 Å². The second-order valence-corrected chi connectivity index (χ2v) is 11.4. The summed E-state index contributed by atoms with van der Waals surface area (Å²) in [4.78, 5) is 20.9. The van der Waals surface area contributed by atoms with Crippen LogP contribution in [-0.4, -0.2) is 47.9 Å². The van der Waals surface area contributed by atoms with Crippen molar-refractivity contribution in [2.45, 2.75) is 42.4 Å². The van der Waals surface area contributed by atoms with Crippen molar-refractivity contribution in [2.24, 2.45) is 0 Å². The molecule has 0 spiro atoms. The fourth-order valence-electron chi connectivity index (χ4n) is 4.41. The van der Waals surface area contributed by atoms with Gasteiger partial charge in [-0.05, 0) is 55.3 Å². The summed E-state index contributed by atoms with van der Waals surface area (Å²) in [5, 5.41) is 29.7. The standard InChI is InChI=1S/C30H27N5O6S/c1-19(2)41-18-27-34-29(36)28(30(37)35(27)26(17-40-3)22-6-4-5-20(13-22)14-31)42(38,39)24-9-7-21(8-10-24)25-11-12-33-16-23(25)15-32/h4-13,16,19,26,36H,17-18H2,1-3H3/t26-/m0/s1. The van der Waals surface area contributed by atoms with E-state index in [0.29, 0.717) is 27.8 Å². The number of nitrogens with zero attached hydrogens (tertiary/aromatic N) is 5. The lowest BCUT2D eigenvalue weighted by atomic mass is 10.0. The maximum absolute atomic E-state index is 14.1. The highest BCUT2D eigenvalue weighted by atomic mass is 32.2. The van der Waals surface area contributed by atoms with Gasteiger partial charge < -0.3 is 14.6 Å². The smallest absolute Gasteiger partial charge is 0.277 e. The molecule has 214 valence electrons. The number of hydrogen-bond acceptors (Lipinski definition) is 10. The predicted molar refractivity (Wildman–Crippen MR) is 151 cm³/mol. The Morgan fingerprint density at radius 2 is 1.81 bits per heavy atom. The average molecular weight is 586 g/mol. The molecule has 11 nitrogen and oxygen atoms in total. The quantitative estimate of drug-likeness (QED) is 0.289. The molecular formula is C30H27N5O6S. The number of aromatic nitrogens is 3. The van der Waals surface area contributed by atoms with Crippen molar-refractivity contribution in [1.82, 2.24) is 14.5 Å². The summed E-state index contributed by atoms with van der Waals surface area (Å²) in [6, 6.07) is 16.9. The maximum Gasteiger partial charge on any atom is 0.277 e. The monoisotopic (exact) mass is 585 g/mol. The van der Waals surface area contributed by atoms with Gasteiger partial charge in [-0.25, -0.2) is 8.42 Å². The van der Waals surface area contributed by atoms with Crippen LogP contribution in [0.25, 0.3) is 11.1 Å². The van der Waals surface area contributed by atoms with Crippen molar-refractivity contribution in [1.29, 1.82) is 10.5 Å². The van der Waals surface area contributed by atoms with E-state index >= 15 is 0 Å². The zero-order chi connectivity index (χ0) is 30.4. The van der Waals surface area contributed by atoms with Crippen molar-refractivity contribution in [2.75, 3.05) is 13.7 Å². The molecule has 0 bridgehead atoms. The molecule has 0 saturated heterocycles. The summed E-state index contributed by atoms with van der Waals surface area (Å²) in [6.07, 6.45) is 2.66. The van der Waals surface area contributed by atoms with Gasteiger partial charge in [0, 0.05) is 25.1 Å². The van der Waals surface area contributed by atoms with E-state index in [1.165, 1.54) is 43.8 Å². The van der Waals surface area contributed by atoms with Crippen molar-refractivity contribution < 1.29 is 23.0 Å². The Morgan fingerprint density at radius 3 is 2.45 bits per heavy atom. The minimum absolute atomic E-state index is 0.0216. The van der Waals surface area contributed by atoms with Crippen LogP contribution in [0, 0.1) is 22.7 Å². The van der Waals surface area contributed by atoms with Crippen LogP contribution in [0.1, 0.15) is 42.4 Å². The zero-order valence-electron chi connectivity index (χ0n) is 23.1. The van der Waals surface area contributed by atoms with E-state index in [1.807, 2.05) is 12.1 Å². The lowest BCUT2D eigenvalue weighted by Gasteiger charge is -2.24. The summed E-state index contributed by atoms with van der Waals surface area (Å²) in [6.45, 7) is 3.27. The van der Waals surface area contributed by atoms with Gasteiger partial charge in [-0.1, -0.05) is 24.3 Å². The first-order valence-electron chi connectivity index (χ1n) is 12.8. The van der Waals surface area contributed by atoms with Crippen LogP contribution >= 0.6 is 0 Å². The molecule has 0 radical (unpaired) electrons. The summed E-state index contributed by atoms with van der Waals surface area (Å²) < 4.78 is 39.8. The first kappa shape index (κ1) is 30.1. The van der Waals surface area contributed by atoms with Crippen LogP contribution in [0.2, 0.25) is 0 Å². The van der Waals surface area contributed by atoms with Crippen LogP contribution in [0.4, 0.5) is 0 Å². The highest BCUT2D eigenvalue weighted by Crippen LogP contribution is 2.30. The number of benzene rings is 2. The molecule has 1 N–H and O–H groups in total. The van der Waals surface area contributed by atoms with E-state index in [-0.39, 0.29) is 30.0 Å². The molecule has 0 saturated carbocycles. The SMILES string of the molecule is COC[C@@H](c1cccc(C#N)c1)n1c(COC(C)C)nc(O)c(S(=O)(=O)c2ccc(-c3ccncc3C#N)cc2)c1=O. The van der Waals surface area contributed by atoms with E-state index in [1.54, 1.807) is 44.2 Å². The minimum atomic E-state index is -4.59. The van der Waals surface area contributed by atoms with Crippen LogP contribution in [0.15, 0.2) is 81.6 Å². The molecule has 0 aliphatic heterocycles. The lowest BCUT2D eigenvalue weighted by Crippen LogP contribution is -2.35. The maximum atomic E-state index is 14.1. The first-order chi connectivity index (χ1) is 20.1. The molecule has 42 heavy (non-hydrogen) atoms. The van der Waals surface area contributed by atoms with Gasteiger partial charge in [0.15, 0.2) is 4.90 Å². The second kappa shape index (κ2) is 12.7. The van der Waals surface area contributed by atoms with E-state index in [4.69, 9.17) is 9.47 Å². The summed E-state index contributed by atoms with van der Waals surface area (Å²) in [5.41, 5.74) is 1.22. The van der Waals surface area contributed by atoms with Gasteiger partial charge in [-0.3, -0.25) is 14.3 Å². The number of sulfone groups is 1. The fourth-order valence-corrected chi connectivity index (χ4v) is 5.75. The number of hydrogen-bond donors (Lipinski definition) is 1. The minimum Gasteiger partial charge on any atom is -0.492 e. The van der Waals surface area contributed by atoms with E-state index < -0.39 is 32.2 Å². The number of aromatic hydroxyl groups is 1. The molecule has 0 aliphatic rings. The molecule has 2 aromatic carbocycles. The Labute approximate surface area is 242 Å². The number of pyridine rings is 1. The lowest BCUT2D eigenvalue weighted by molar-refractivity contribution is 0.0557. The van der Waals surface area contributed by atoms with Crippen LogP contribution < -0.4 is 5.56 Å². The van der Waals surface area contributed by atoms with Crippen LogP contribution in [-0.2, 0) is 25.9 Å². The molecule has 0 fully saturated rings. The highest BCUT2D eigenvalue weighted by molar-refractivity contribution is 7.91. The Kier molecular flexibility index (Phi) is 9.13. The molecule has 2 aromatic heterocycles. The Bertz CT molecular complexity index is 1860. The molecule has 1 atom stereocenters. The van der Waals surface area contributed by atoms with E-state index in [9.17, 15) is 28.8 Å². The van der Waals surface area contributed by atoms with E-state index in [0.717, 1.165) is 4.57 Å². The Morgan fingerprint density at radius 1 is 1.07 bits per heavy atom. The van der Waals surface area contributed by atoms with Crippen LogP contribution in [0.5, 0.6) is 5.88 Å². The van der Waals surface area contributed by atoms with Crippen molar-refractivity contribution in [3.05, 3.63) is 99.9 Å². The second-order valence-electron chi connectivity index (χ2n) is 9.48. The van der Waals surface area contributed by atoms with Crippen molar-refractivity contribution in [3.63, 3.8) is 0 Å². The fraction of sp³-hybridized carbons (Fsp3) is 0.233. The third-order valence-corrected chi connectivity index (χ3v) is 8.18. The van der Waals surface area contributed by atoms with Crippen molar-refractivity contribution >= 4 is 9.84 Å². The molecule has 0 unspecified atom stereocenters. The summed E-state index contributed by atoms with van der Waals surface area (Å²) >= 11 is 0. The third kappa shape index (κ3) is 6.06. The highest BCUT2D eigenvalue weighted by Gasteiger charge is 2.32. The summed E-state index contributed by atoms with van der Waals surface area (Å²) in [7, 11) is -3.17. The third-order valence-electron chi connectivity index (χ3n) is 6.40. The molecule has 0 aliphatic carbocycles. The van der Waals surface area contributed by atoms with Gasteiger partial charge in [0.25, 0.3) is 5.56 Å². The number of rotatable bonds is 10. The van der Waals surface area contributed by atoms with Gasteiger partial charge in [0.1, 0.15) is 18.5 Å². The normalized spacial score (nSPS) is 12.0. The Hall–Kier alpha value is -4.88. The zero-order valence-corrected chi connectivity index (χ0v) is 23.9. The number of ether oxygens (including phenoxy) is 2. The van der Waals surface area contributed by atoms with Gasteiger partial charge in [0.2, 0.25) is 15.7 Å². The van der Waals surface area contributed by atoms with Gasteiger partial charge in [-0.2, -0.15) is 15.5 Å². The molecule has 4 rings (SSSR count). The molecule has 2 heterocycles. The summed E-state index contributed by atoms with van der Waals surface area (Å²) in [5.74, 6) is -0.989. The van der Waals surface area contributed by atoms with Gasteiger partial charge >= 0.3 is 0 Å². The molecule has 0 amide bonds. The molecular weight excluding hydrogens is 558 g/mol. The first-order valence-corrected chi connectivity index (χ1v) is 14.2. The van der Waals surface area contributed by atoms with Crippen LogP contribution in [0.3, 0.4) is 0 Å². The predicted octanol–water partition coefficient (Wildman–Crippen LogP) is 3.75. The largest absolute Gasteiger partial charge is 0.492 e. The topological polar surface area (TPSA) is 168 Å². The van der Waals surface area contributed by atoms with Crippen molar-refractivity contribution in [3.8, 4) is 29.1 Å². The van der Waals surface area contributed by atoms with Gasteiger partial charge in [-0.15, -0.1) is 0 Å².